The summed E-state index contributed by atoms with van der Waals surface area (Å²) >= 11 is 6.39. The van der Waals surface area contributed by atoms with E-state index in [1.807, 2.05) is 24.3 Å². The highest BCUT2D eigenvalue weighted by Gasteiger charge is 2.03. The average molecular weight is 299 g/mol. The molecule has 0 fully saturated rings. The molecular formula is C13H17NO3S2. The summed E-state index contributed by atoms with van der Waals surface area (Å²) in [5, 5.41) is 0. The molecule has 1 aromatic rings. The number of nitrogens with two attached hydrogens (primary N) is 1. The summed E-state index contributed by atoms with van der Waals surface area (Å²) in [6.45, 7) is 0.732. The molecule has 0 aliphatic rings. The van der Waals surface area contributed by atoms with Crippen LogP contribution in [0.4, 0.5) is 0 Å². The van der Waals surface area contributed by atoms with Crippen molar-refractivity contribution >= 4 is 34.9 Å². The Bertz CT molecular complexity index is 420. The fourth-order valence-corrected chi connectivity index (χ4v) is 2.21. The maximum Gasteiger partial charge on any atom is 0.315 e. The predicted molar refractivity (Wildman–Crippen MR) is 81.3 cm³/mol. The molecule has 0 unspecified atom stereocenters. The third-order valence-electron chi connectivity index (χ3n) is 2.28. The Labute approximate surface area is 122 Å². The second kappa shape index (κ2) is 8.90. The van der Waals surface area contributed by atoms with Gasteiger partial charge in [-0.2, -0.15) is 0 Å². The summed E-state index contributed by atoms with van der Waals surface area (Å²) in [7, 11) is 1.57. The van der Waals surface area contributed by atoms with E-state index in [0.717, 1.165) is 16.9 Å². The molecule has 0 saturated heterocycles. The van der Waals surface area contributed by atoms with Crippen molar-refractivity contribution in [3.8, 4) is 0 Å². The van der Waals surface area contributed by atoms with Gasteiger partial charge in [0, 0.05) is 18.4 Å². The Kier molecular flexibility index (Phi) is 7.47. The smallest absolute Gasteiger partial charge is 0.315 e. The zero-order valence-electron chi connectivity index (χ0n) is 10.8. The molecule has 0 aromatic heterocycles. The van der Waals surface area contributed by atoms with Gasteiger partial charge in [0.1, 0.15) is 11.6 Å². The number of carbonyl (C=O) groups excluding carboxylic acids is 1. The number of ether oxygens (including phenoxy) is 2. The van der Waals surface area contributed by atoms with Crippen molar-refractivity contribution in [2.24, 2.45) is 5.73 Å². The normalized spacial score (nSPS) is 10.2. The van der Waals surface area contributed by atoms with Crippen molar-refractivity contribution in [2.45, 2.75) is 5.75 Å². The summed E-state index contributed by atoms with van der Waals surface area (Å²) in [5.74, 6) is 0.861. The molecule has 0 amide bonds. The van der Waals surface area contributed by atoms with Crippen LogP contribution in [0.25, 0.3) is 0 Å². The van der Waals surface area contributed by atoms with E-state index in [1.165, 1.54) is 11.8 Å². The second-order valence-corrected chi connectivity index (χ2v) is 5.19. The third-order valence-corrected chi connectivity index (χ3v) is 3.49. The first-order valence-electron chi connectivity index (χ1n) is 5.74. The van der Waals surface area contributed by atoms with Crippen LogP contribution in [0, 0.1) is 0 Å². The van der Waals surface area contributed by atoms with Gasteiger partial charge in [0.15, 0.2) is 0 Å². The minimum Gasteiger partial charge on any atom is -0.463 e. The lowest BCUT2D eigenvalue weighted by molar-refractivity contribution is -0.141. The van der Waals surface area contributed by atoms with E-state index in [4.69, 9.17) is 27.4 Å². The van der Waals surface area contributed by atoms with E-state index < -0.39 is 0 Å². The number of esters is 1. The van der Waals surface area contributed by atoms with Crippen molar-refractivity contribution in [3.05, 3.63) is 35.4 Å². The average Bonchev–Trinajstić information content (AvgIpc) is 2.39. The van der Waals surface area contributed by atoms with Crippen molar-refractivity contribution < 1.29 is 14.3 Å². The molecule has 0 heterocycles. The van der Waals surface area contributed by atoms with E-state index in [9.17, 15) is 4.79 Å². The highest BCUT2D eigenvalue weighted by atomic mass is 32.2. The molecular weight excluding hydrogens is 282 g/mol. The first-order valence-corrected chi connectivity index (χ1v) is 7.31. The monoisotopic (exact) mass is 299 g/mol. The van der Waals surface area contributed by atoms with Crippen LogP contribution in [-0.4, -0.2) is 37.0 Å². The van der Waals surface area contributed by atoms with Gasteiger partial charge in [-0.25, -0.2) is 0 Å². The molecule has 1 aromatic carbocycles. The van der Waals surface area contributed by atoms with Crippen molar-refractivity contribution in [3.63, 3.8) is 0 Å². The van der Waals surface area contributed by atoms with Gasteiger partial charge in [-0.3, -0.25) is 4.79 Å². The number of hydrogen-bond acceptors (Lipinski definition) is 5. The van der Waals surface area contributed by atoms with Gasteiger partial charge in [-0.05, 0) is 5.56 Å². The molecule has 1 rings (SSSR count). The topological polar surface area (TPSA) is 61.5 Å². The van der Waals surface area contributed by atoms with E-state index in [1.54, 1.807) is 7.11 Å². The number of methoxy groups -OCH3 is 1. The first-order chi connectivity index (χ1) is 9.13. The third kappa shape index (κ3) is 6.56. The first kappa shape index (κ1) is 15.9. The highest BCUT2D eigenvalue weighted by molar-refractivity contribution is 7.99. The van der Waals surface area contributed by atoms with Gasteiger partial charge in [0.05, 0.1) is 12.4 Å². The summed E-state index contributed by atoms with van der Waals surface area (Å²) in [4.78, 5) is 11.7. The number of thioether (sulfide) groups is 1. The fraction of sp³-hybridized carbons (Fsp3) is 0.385. The Morgan fingerprint density at radius 2 is 2.00 bits per heavy atom. The maximum atomic E-state index is 11.3. The zero-order chi connectivity index (χ0) is 14.1. The molecule has 6 heteroatoms. The largest absolute Gasteiger partial charge is 0.463 e. The lowest BCUT2D eigenvalue weighted by atomic mass is 10.1. The van der Waals surface area contributed by atoms with E-state index in [-0.39, 0.29) is 5.97 Å². The van der Waals surface area contributed by atoms with Crippen LogP contribution in [0.3, 0.4) is 0 Å². The summed E-state index contributed by atoms with van der Waals surface area (Å²) in [5.41, 5.74) is 7.49. The molecule has 0 aliphatic heterocycles. The van der Waals surface area contributed by atoms with Crippen LogP contribution >= 0.6 is 24.0 Å². The van der Waals surface area contributed by atoms with Crippen molar-refractivity contribution in [1.29, 1.82) is 0 Å². The number of benzene rings is 1. The molecule has 19 heavy (non-hydrogen) atoms. The number of thiocarbonyl (C=S) groups is 1. The zero-order valence-corrected chi connectivity index (χ0v) is 12.4. The van der Waals surface area contributed by atoms with Crippen LogP contribution in [0.5, 0.6) is 0 Å². The second-order valence-electron chi connectivity index (χ2n) is 3.77. The van der Waals surface area contributed by atoms with Crippen molar-refractivity contribution in [1.82, 2.24) is 0 Å². The molecule has 2 N–H and O–H groups in total. The molecule has 0 radical (unpaired) electrons. The maximum absolute atomic E-state index is 11.3. The Morgan fingerprint density at radius 1 is 1.32 bits per heavy atom. The lowest BCUT2D eigenvalue weighted by Gasteiger charge is -2.05. The number of rotatable bonds is 8. The standard InChI is InChI=1S/C13H17NO3S2/c1-16-6-7-17-12(15)9-19-8-10-2-4-11(5-3-10)13(14)18/h2-5H,6-9H2,1H3,(H2,14,18). The SMILES string of the molecule is COCCOC(=O)CSCc1ccc(C(N)=S)cc1. The molecule has 4 nitrogen and oxygen atoms in total. The van der Waals surface area contributed by atoms with Crippen LogP contribution < -0.4 is 5.73 Å². The Hall–Kier alpha value is -1.11. The van der Waals surface area contributed by atoms with E-state index >= 15 is 0 Å². The minimum absolute atomic E-state index is 0.221. The highest BCUT2D eigenvalue weighted by Crippen LogP contribution is 2.13. The summed E-state index contributed by atoms with van der Waals surface area (Å²) in [6.07, 6.45) is 0. The van der Waals surface area contributed by atoms with Gasteiger partial charge in [0.25, 0.3) is 0 Å². The quantitative estimate of drug-likeness (QED) is 0.448. The fourth-order valence-electron chi connectivity index (χ4n) is 1.30. The van der Waals surface area contributed by atoms with Crippen LogP contribution in [0.2, 0.25) is 0 Å². The molecule has 0 spiro atoms. The Morgan fingerprint density at radius 3 is 2.58 bits per heavy atom. The van der Waals surface area contributed by atoms with E-state index in [2.05, 4.69) is 0 Å². The van der Waals surface area contributed by atoms with Crippen LogP contribution in [0.1, 0.15) is 11.1 Å². The molecule has 0 saturated carbocycles. The predicted octanol–water partition coefficient (Wildman–Crippen LogP) is 1.74. The lowest BCUT2D eigenvalue weighted by Crippen LogP contribution is -2.11. The molecule has 0 bridgehead atoms. The molecule has 104 valence electrons. The number of carbonyl (C=O) groups is 1. The van der Waals surface area contributed by atoms with E-state index in [0.29, 0.717) is 24.0 Å². The van der Waals surface area contributed by atoms with Gasteiger partial charge < -0.3 is 15.2 Å². The summed E-state index contributed by atoms with van der Waals surface area (Å²) in [6, 6.07) is 7.68. The number of hydrogen-bond donors (Lipinski definition) is 1. The molecule has 0 atom stereocenters. The van der Waals surface area contributed by atoms with Crippen molar-refractivity contribution in [2.75, 3.05) is 26.1 Å². The van der Waals surface area contributed by atoms with Crippen LogP contribution in [0.15, 0.2) is 24.3 Å². The summed E-state index contributed by atoms with van der Waals surface area (Å²) < 4.78 is 9.74. The molecule has 0 aliphatic carbocycles. The van der Waals surface area contributed by atoms with Gasteiger partial charge in [0.2, 0.25) is 0 Å². The Balaban J connectivity index is 2.25. The van der Waals surface area contributed by atoms with Gasteiger partial charge in [-0.15, -0.1) is 11.8 Å². The van der Waals surface area contributed by atoms with Gasteiger partial charge >= 0.3 is 5.97 Å². The minimum atomic E-state index is -0.221. The van der Waals surface area contributed by atoms with Crippen LogP contribution in [-0.2, 0) is 20.0 Å². The van der Waals surface area contributed by atoms with Gasteiger partial charge in [-0.1, -0.05) is 36.5 Å².